The van der Waals surface area contributed by atoms with Gasteiger partial charge in [-0.25, -0.2) is 0 Å². The average Bonchev–Trinajstić information content (AvgIpc) is 3.06. The van der Waals surface area contributed by atoms with E-state index in [0.717, 1.165) is 0 Å². The van der Waals surface area contributed by atoms with E-state index in [4.69, 9.17) is 5.73 Å². The van der Waals surface area contributed by atoms with Crippen LogP contribution in [-0.4, -0.2) is 35.4 Å². The summed E-state index contributed by atoms with van der Waals surface area (Å²) >= 11 is 0. The molecule has 24 heavy (non-hydrogen) atoms. The molecule has 1 heterocycles. The van der Waals surface area contributed by atoms with Gasteiger partial charge in [0.15, 0.2) is 0 Å². The predicted molar refractivity (Wildman–Crippen MR) is 90.7 cm³/mol. The summed E-state index contributed by atoms with van der Waals surface area (Å²) in [6.45, 7) is 1.73. The molecule has 6 heteroatoms. The lowest BCUT2D eigenvalue weighted by Gasteiger charge is -2.17. The third-order valence-electron chi connectivity index (χ3n) is 4.58. The second-order valence-electron chi connectivity index (χ2n) is 6.03. The molecule has 2 aromatic rings. The molecule has 0 aliphatic carbocycles. The van der Waals surface area contributed by atoms with Crippen molar-refractivity contribution in [1.82, 2.24) is 4.90 Å². The number of non-ortho nitro benzene ring substituents is 1. The van der Waals surface area contributed by atoms with Crippen LogP contribution in [0.4, 0.5) is 5.69 Å². The molecule has 0 radical (unpaired) electrons. The van der Waals surface area contributed by atoms with Crippen molar-refractivity contribution in [2.45, 2.75) is 5.92 Å². The van der Waals surface area contributed by atoms with Gasteiger partial charge in [-0.05, 0) is 30.2 Å². The van der Waals surface area contributed by atoms with Crippen molar-refractivity contribution >= 4 is 11.6 Å². The number of carbonyl (C=O) groups excluding carboxylic acids is 1. The molecule has 0 unspecified atom stereocenters. The Balaban J connectivity index is 1.77. The zero-order valence-electron chi connectivity index (χ0n) is 13.2. The van der Waals surface area contributed by atoms with E-state index in [0.29, 0.717) is 25.2 Å². The van der Waals surface area contributed by atoms with Gasteiger partial charge >= 0.3 is 0 Å². The number of benzene rings is 2. The molecule has 3 rings (SSSR count). The largest absolute Gasteiger partial charge is 0.338 e. The summed E-state index contributed by atoms with van der Waals surface area (Å²) in [5, 5.41) is 10.7. The van der Waals surface area contributed by atoms with Crippen molar-refractivity contribution in [3.8, 4) is 0 Å². The number of rotatable bonds is 4. The number of amides is 1. The molecular weight excluding hydrogens is 306 g/mol. The summed E-state index contributed by atoms with van der Waals surface area (Å²) in [7, 11) is 0. The van der Waals surface area contributed by atoms with Gasteiger partial charge in [0.2, 0.25) is 0 Å². The van der Waals surface area contributed by atoms with Crippen LogP contribution < -0.4 is 5.73 Å². The fourth-order valence-corrected chi connectivity index (χ4v) is 3.26. The van der Waals surface area contributed by atoms with Gasteiger partial charge in [0.1, 0.15) is 0 Å². The molecule has 0 bridgehead atoms. The summed E-state index contributed by atoms with van der Waals surface area (Å²) in [5.41, 5.74) is 7.53. The first-order chi connectivity index (χ1) is 11.6. The first-order valence-electron chi connectivity index (χ1n) is 7.89. The molecule has 1 aliphatic rings. The SMILES string of the molecule is NC[C@@H]1CN(C(=O)c2ccc([N+](=O)[O-])cc2)C[C@H]1c1ccccc1. The van der Waals surface area contributed by atoms with Crippen LogP contribution in [0.1, 0.15) is 21.8 Å². The van der Waals surface area contributed by atoms with Gasteiger partial charge in [0.05, 0.1) is 4.92 Å². The molecule has 0 saturated carbocycles. The maximum absolute atomic E-state index is 12.7. The highest BCUT2D eigenvalue weighted by atomic mass is 16.6. The van der Waals surface area contributed by atoms with Crippen LogP contribution in [0.15, 0.2) is 54.6 Å². The van der Waals surface area contributed by atoms with Crippen LogP contribution in [0.25, 0.3) is 0 Å². The Labute approximate surface area is 140 Å². The van der Waals surface area contributed by atoms with Crippen LogP contribution in [-0.2, 0) is 0 Å². The Morgan fingerprint density at radius 2 is 1.79 bits per heavy atom. The summed E-state index contributed by atoms with van der Waals surface area (Å²) in [6.07, 6.45) is 0. The number of carbonyl (C=O) groups is 1. The standard InChI is InChI=1S/C18H19N3O3/c19-10-15-11-20(12-17(15)13-4-2-1-3-5-13)18(22)14-6-8-16(9-7-14)21(23)24/h1-9,15,17H,10-12,19H2/t15-,17+/m1/s1. The normalized spacial score (nSPS) is 20.1. The van der Waals surface area contributed by atoms with Crippen LogP contribution in [0.2, 0.25) is 0 Å². The number of likely N-dealkylation sites (tertiary alicyclic amines) is 1. The highest BCUT2D eigenvalue weighted by Gasteiger charge is 2.35. The van der Waals surface area contributed by atoms with E-state index in [-0.39, 0.29) is 23.4 Å². The average molecular weight is 325 g/mol. The van der Waals surface area contributed by atoms with Gasteiger partial charge in [-0.2, -0.15) is 0 Å². The lowest BCUT2D eigenvalue weighted by atomic mass is 9.89. The van der Waals surface area contributed by atoms with Crippen LogP contribution in [0.3, 0.4) is 0 Å². The fourth-order valence-electron chi connectivity index (χ4n) is 3.26. The summed E-state index contributed by atoms with van der Waals surface area (Å²) in [4.78, 5) is 24.7. The highest BCUT2D eigenvalue weighted by Crippen LogP contribution is 2.32. The van der Waals surface area contributed by atoms with Crippen molar-refractivity contribution in [3.63, 3.8) is 0 Å². The lowest BCUT2D eigenvalue weighted by Crippen LogP contribution is -2.29. The molecule has 0 spiro atoms. The fraction of sp³-hybridized carbons (Fsp3) is 0.278. The van der Waals surface area contributed by atoms with Crippen LogP contribution in [0.5, 0.6) is 0 Å². The molecule has 2 aromatic carbocycles. The zero-order chi connectivity index (χ0) is 17.1. The molecule has 0 aromatic heterocycles. The number of nitro groups is 1. The Hall–Kier alpha value is -2.73. The predicted octanol–water partition coefficient (Wildman–Crippen LogP) is 2.41. The van der Waals surface area contributed by atoms with E-state index in [1.807, 2.05) is 18.2 Å². The first-order valence-corrected chi connectivity index (χ1v) is 7.89. The van der Waals surface area contributed by atoms with E-state index >= 15 is 0 Å². The first kappa shape index (κ1) is 16.1. The maximum Gasteiger partial charge on any atom is 0.269 e. The summed E-state index contributed by atoms with van der Waals surface area (Å²) in [5.74, 6) is 0.328. The quantitative estimate of drug-likeness (QED) is 0.690. The highest BCUT2D eigenvalue weighted by molar-refractivity contribution is 5.94. The van der Waals surface area contributed by atoms with Crippen molar-refractivity contribution in [2.75, 3.05) is 19.6 Å². The van der Waals surface area contributed by atoms with Gasteiger partial charge < -0.3 is 10.6 Å². The Kier molecular flexibility index (Phi) is 4.57. The smallest absolute Gasteiger partial charge is 0.269 e. The minimum atomic E-state index is -0.472. The van der Waals surface area contributed by atoms with Gasteiger partial charge in [-0.15, -0.1) is 0 Å². The zero-order valence-corrected chi connectivity index (χ0v) is 13.2. The summed E-state index contributed by atoms with van der Waals surface area (Å²) < 4.78 is 0. The second kappa shape index (κ2) is 6.80. The topological polar surface area (TPSA) is 89.5 Å². The molecule has 1 saturated heterocycles. The van der Waals surface area contributed by atoms with E-state index in [9.17, 15) is 14.9 Å². The van der Waals surface area contributed by atoms with E-state index < -0.39 is 4.92 Å². The minimum Gasteiger partial charge on any atom is -0.338 e. The molecule has 1 aliphatic heterocycles. The second-order valence-corrected chi connectivity index (χ2v) is 6.03. The van der Waals surface area contributed by atoms with Gasteiger partial charge in [0.25, 0.3) is 11.6 Å². The summed E-state index contributed by atoms with van der Waals surface area (Å²) in [6, 6.07) is 15.8. The monoisotopic (exact) mass is 325 g/mol. The van der Waals surface area contributed by atoms with Gasteiger partial charge in [-0.3, -0.25) is 14.9 Å². The molecule has 6 nitrogen and oxygen atoms in total. The van der Waals surface area contributed by atoms with Gasteiger partial charge in [-0.1, -0.05) is 30.3 Å². The van der Waals surface area contributed by atoms with Crippen LogP contribution >= 0.6 is 0 Å². The number of hydrogen-bond donors (Lipinski definition) is 1. The number of nitro benzene ring substituents is 1. The number of nitrogens with two attached hydrogens (primary N) is 1. The number of hydrogen-bond acceptors (Lipinski definition) is 4. The van der Waals surface area contributed by atoms with E-state index in [1.165, 1.54) is 29.8 Å². The third kappa shape index (κ3) is 3.14. The Morgan fingerprint density at radius 3 is 2.38 bits per heavy atom. The lowest BCUT2D eigenvalue weighted by molar-refractivity contribution is -0.384. The van der Waals surface area contributed by atoms with Crippen molar-refractivity contribution in [3.05, 3.63) is 75.8 Å². The van der Waals surface area contributed by atoms with Crippen LogP contribution in [0, 0.1) is 16.0 Å². The minimum absolute atomic E-state index is 0.0185. The van der Waals surface area contributed by atoms with Crippen molar-refractivity contribution in [2.24, 2.45) is 11.7 Å². The molecule has 2 N–H and O–H groups in total. The molecular formula is C18H19N3O3. The van der Waals surface area contributed by atoms with E-state index in [1.54, 1.807) is 4.90 Å². The molecule has 2 atom stereocenters. The molecule has 124 valence electrons. The Morgan fingerprint density at radius 1 is 1.12 bits per heavy atom. The Bertz CT molecular complexity index is 731. The van der Waals surface area contributed by atoms with E-state index in [2.05, 4.69) is 12.1 Å². The van der Waals surface area contributed by atoms with Gasteiger partial charge in [0, 0.05) is 36.7 Å². The maximum atomic E-state index is 12.7. The van der Waals surface area contributed by atoms with Crippen molar-refractivity contribution in [1.29, 1.82) is 0 Å². The molecule has 1 amide bonds. The molecule has 1 fully saturated rings. The number of nitrogens with zero attached hydrogens (tertiary/aromatic N) is 2. The third-order valence-corrected chi connectivity index (χ3v) is 4.58. The van der Waals surface area contributed by atoms with Crippen molar-refractivity contribution < 1.29 is 9.72 Å².